The molecule has 0 aliphatic carbocycles. The zero-order valence-corrected chi connectivity index (χ0v) is 10.2. The molecule has 1 nitrogen and oxygen atoms in total. The molecule has 0 unspecified atom stereocenters. The van der Waals surface area contributed by atoms with Gasteiger partial charge in [0.25, 0.3) is 0 Å². The Labute approximate surface area is 107 Å². The third-order valence-corrected chi connectivity index (χ3v) is 3.18. The van der Waals surface area contributed by atoms with Crippen molar-refractivity contribution in [2.24, 2.45) is 4.99 Å². The van der Waals surface area contributed by atoms with Gasteiger partial charge in [0, 0.05) is 24.3 Å². The molecule has 0 aromatic heterocycles. The normalized spacial score (nSPS) is 13.7. The molecule has 1 aliphatic heterocycles. The minimum Gasteiger partial charge on any atom is -0.264 e. The van der Waals surface area contributed by atoms with Crippen molar-refractivity contribution in [2.45, 2.75) is 12.8 Å². The van der Waals surface area contributed by atoms with Gasteiger partial charge in [0.05, 0.1) is 5.70 Å². The van der Waals surface area contributed by atoms with Gasteiger partial charge in [0.2, 0.25) is 0 Å². The van der Waals surface area contributed by atoms with Crippen LogP contribution in [0.5, 0.6) is 0 Å². The molecule has 3 rings (SSSR count). The Hall–Kier alpha value is -2.15. The average molecular weight is 233 g/mol. The first-order chi connectivity index (χ1) is 8.93. The second kappa shape index (κ2) is 5.01. The van der Waals surface area contributed by atoms with Crippen molar-refractivity contribution in [3.63, 3.8) is 0 Å². The predicted molar refractivity (Wildman–Crippen MR) is 76.8 cm³/mol. The largest absolute Gasteiger partial charge is 0.264 e. The summed E-state index contributed by atoms with van der Waals surface area (Å²) in [6.45, 7) is 0. The Balaban J connectivity index is 2.12. The SMILES string of the molecule is C1=NC(Cc2ccccc2)=c2ccccc2=CC1. The van der Waals surface area contributed by atoms with Gasteiger partial charge >= 0.3 is 0 Å². The fourth-order valence-electron chi connectivity index (χ4n) is 2.28. The molecule has 1 heteroatoms. The van der Waals surface area contributed by atoms with E-state index < -0.39 is 0 Å². The van der Waals surface area contributed by atoms with Gasteiger partial charge in [-0.05, 0) is 10.8 Å². The molecule has 0 bridgehead atoms. The lowest BCUT2D eigenvalue weighted by Crippen LogP contribution is -2.25. The maximum Gasteiger partial charge on any atom is 0.0521 e. The molecule has 0 saturated heterocycles. The topological polar surface area (TPSA) is 12.4 Å². The van der Waals surface area contributed by atoms with Crippen molar-refractivity contribution >= 4 is 18.0 Å². The minimum atomic E-state index is 0.891. The zero-order valence-electron chi connectivity index (χ0n) is 10.2. The minimum absolute atomic E-state index is 0.891. The lowest BCUT2D eigenvalue weighted by atomic mass is 10.1. The van der Waals surface area contributed by atoms with E-state index in [9.17, 15) is 0 Å². The Morgan fingerprint density at radius 3 is 2.56 bits per heavy atom. The Bertz CT molecular complexity index is 681. The maximum absolute atomic E-state index is 4.62. The van der Waals surface area contributed by atoms with Crippen molar-refractivity contribution in [3.8, 4) is 0 Å². The summed E-state index contributed by atoms with van der Waals surface area (Å²) in [6, 6.07) is 19.0. The predicted octanol–water partition coefficient (Wildman–Crippen LogP) is 2.29. The molecular weight excluding hydrogens is 218 g/mol. The van der Waals surface area contributed by atoms with Crippen LogP contribution < -0.4 is 10.4 Å². The molecule has 1 heterocycles. The first kappa shape index (κ1) is 11.0. The molecular formula is C17H15N. The van der Waals surface area contributed by atoms with Gasteiger partial charge in [-0.2, -0.15) is 0 Å². The zero-order chi connectivity index (χ0) is 12.2. The van der Waals surface area contributed by atoms with Crippen LogP contribution in [0, 0.1) is 0 Å². The molecule has 2 aromatic carbocycles. The van der Waals surface area contributed by atoms with Crippen LogP contribution in [-0.4, -0.2) is 6.21 Å². The van der Waals surface area contributed by atoms with Crippen molar-refractivity contribution < 1.29 is 0 Å². The molecule has 0 radical (unpaired) electrons. The van der Waals surface area contributed by atoms with Crippen LogP contribution in [0.25, 0.3) is 11.8 Å². The number of hydrogen-bond acceptors (Lipinski definition) is 1. The molecule has 0 spiro atoms. The third kappa shape index (κ3) is 2.25. The van der Waals surface area contributed by atoms with Crippen LogP contribution in [0.15, 0.2) is 59.6 Å². The molecule has 0 amide bonds. The summed E-state index contributed by atoms with van der Waals surface area (Å²) in [5.41, 5.74) is 2.46. The first-order valence-corrected chi connectivity index (χ1v) is 6.28. The Kier molecular flexibility index (Phi) is 3.05. The van der Waals surface area contributed by atoms with Crippen LogP contribution in [0.1, 0.15) is 12.0 Å². The van der Waals surface area contributed by atoms with Crippen molar-refractivity contribution in [1.29, 1.82) is 0 Å². The van der Waals surface area contributed by atoms with Gasteiger partial charge in [-0.15, -0.1) is 0 Å². The smallest absolute Gasteiger partial charge is 0.0521 e. The first-order valence-electron chi connectivity index (χ1n) is 6.28. The van der Waals surface area contributed by atoms with Gasteiger partial charge in [-0.3, -0.25) is 4.99 Å². The Morgan fingerprint density at radius 1 is 0.889 bits per heavy atom. The molecule has 0 atom stereocenters. The summed E-state index contributed by atoms with van der Waals surface area (Å²) in [4.78, 5) is 4.62. The fourth-order valence-corrected chi connectivity index (χ4v) is 2.28. The molecule has 0 fully saturated rings. The van der Waals surface area contributed by atoms with Crippen LogP contribution in [-0.2, 0) is 6.42 Å². The lowest BCUT2D eigenvalue weighted by Gasteiger charge is -2.02. The lowest BCUT2D eigenvalue weighted by molar-refractivity contribution is 1.22. The van der Waals surface area contributed by atoms with E-state index in [2.05, 4.69) is 59.6 Å². The summed E-state index contributed by atoms with van der Waals surface area (Å²) in [6.07, 6.45) is 6.03. The fraction of sp³-hybridized carbons (Fsp3) is 0.118. The average Bonchev–Trinajstić information content (AvgIpc) is 2.63. The molecule has 1 aliphatic rings. The number of benzene rings is 2. The molecule has 0 N–H and O–H groups in total. The molecule has 18 heavy (non-hydrogen) atoms. The van der Waals surface area contributed by atoms with Crippen LogP contribution in [0.3, 0.4) is 0 Å². The summed E-state index contributed by atoms with van der Waals surface area (Å²) < 4.78 is 0. The highest BCUT2D eigenvalue weighted by molar-refractivity contribution is 5.73. The van der Waals surface area contributed by atoms with Gasteiger partial charge in [0.15, 0.2) is 0 Å². The van der Waals surface area contributed by atoms with E-state index in [1.165, 1.54) is 16.0 Å². The Morgan fingerprint density at radius 2 is 1.67 bits per heavy atom. The van der Waals surface area contributed by atoms with Crippen LogP contribution >= 0.6 is 0 Å². The molecule has 88 valence electrons. The van der Waals surface area contributed by atoms with Crippen LogP contribution in [0.4, 0.5) is 0 Å². The third-order valence-electron chi connectivity index (χ3n) is 3.18. The van der Waals surface area contributed by atoms with E-state index in [0.717, 1.165) is 18.5 Å². The van der Waals surface area contributed by atoms with Gasteiger partial charge in [-0.1, -0.05) is 60.7 Å². The van der Waals surface area contributed by atoms with Gasteiger partial charge in [-0.25, -0.2) is 0 Å². The van der Waals surface area contributed by atoms with Crippen LogP contribution in [0.2, 0.25) is 0 Å². The van der Waals surface area contributed by atoms with Crippen molar-refractivity contribution in [2.75, 3.05) is 0 Å². The standard InChI is InChI=1S/C17H15N/c1-2-7-14(8-3-1)13-17-16-11-5-4-9-15(16)10-6-12-18-17/h1-5,7-12H,6,13H2. The quantitative estimate of drug-likeness (QED) is 0.754. The number of hydrogen-bond donors (Lipinski definition) is 0. The highest BCUT2D eigenvalue weighted by Gasteiger charge is 2.01. The summed E-state index contributed by atoms with van der Waals surface area (Å²) in [7, 11) is 0. The van der Waals surface area contributed by atoms with E-state index in [4.69, 9.17) is 0 Å². The van der Waals surface area contributed by atoms with Crippen molar-refractivity contribution in [1.82, 2.24) is 0 Å². The maximum atomic E-state index is 4.62. The summed E-state index contributed by atoms with van der Waals surface area (Å²) >= 11 is 0. The van der Waals surface area contributed by atoms with Gasteiger partial charge < -0.3 is 0 Å². The highest BCUT2D eigenvalue weighted by atomic mass is 14.7. The van der Waals surface area contributed by atoms with E-state index in [0.29, 0.717) is 0 Å². The van der Waals surface area contributed by atoms with E-state index in [1.807, 2.05) is 12.3 Å². The molecule has 0 saturated carbocycles. The number of fused-ring (bicyclic) bond motifs is 1. The number of aliphatic imine (C=N–C) groups is 1. The van der Waals surface area contributed by atoms with Crippen molar-refractivity contribution in [3.05, 3.63) is 70.6 Å². The summed E-state index contributed by atoms with van der Waals surface area (Å²) in [5.74, 6) is 0. The van der Waals surface area contributed by atoms with E-state index in [-0.39, 0.29) is 0 Å². The second-order valence-electron chi connectivity index (χ2n) is 4.45. The second-order valence-corrected chi connectivity index (χ2v) is 4.45. The summed E-state index contributed by atoms with van der Waals surface area (Å²) in [5, 5.41) is 2.55. The van der Waals surface area contributed by atoms with E-state index >= 15 is 0 Å². The number of rotatable bonds is 2. The van der Waals surface area contributed by atoms with E-state index in [1.54, 1.807) is 0 Å². The monoisotopic (exact) mass is 233 g/mol. The van der Waals surface area contributed by atoms with Gasteiger partial charge in [0.1, 0.15) is 0 Å². The molecule has 2 aromatic rings. The highest BCUT2D eigenvalue weighted by Crippen LogP contribution is 2.09. The number of nitrogens with zero attached hydrogens (tertiary/aromatic N) is 1.